The molecule has 1 aromatic heterocycles. The third kappa shape index (κ3) is 3.00. The Labute approximate surface area is 87.0 Å². The van der Waals surface area contributed by atoms with Crippen LogP contribution in [0.3, 0.4) is 0 Å². The van der Waals surface area contributed by atoms with E-state index in [1.54, 1.807) is 6.20 Å². The van der Waals surface area contributed by atoms with Crippen molar-refractivity contribution < 1.29 is 4.79 Å². The molecule has 0 saturated carbocycles. The summed E-state index contributed by atoms with van der Waals surface area (Å²) in [4.78, 5) is 16.4. The Morgan fingerprint density at radius 1 is 1.85 bits per heavy atom. The number of amides is 1. The number of anilines is 1. The lowest BCUT2D eigenvalue weighted by Crippen LogP contribution is -2.22. The van der Waals surface area contributed by atoms with E-state index in [4.69, 9.17) is 0 Å². The number of thiazole rings is 1. The highest BCUT2D eigenvalue weighted by molar-refractivity contribution is 7.81. The monoisotopic (exact) mass is 216 g/mol. The van der Waals surface area contributed by atoms with Crippen molar-refractivity contribution in [3.05, 3.63) is 11.1 Å². The van der Waals surface area contributed by atoms with Crippen LogP contribution in [0.2, 0.25) is 0 Å². The van der Waals surface area contributed by atoms with Gasteiger partial charge in [-0.15, -0.1) is 11.3 Å². The molecule has 0 spiro atoms. The molecule has 0 bridgehead atoms. The van der Waals surface area contributed by atoms with E-state index in [0.29, 0.717) is 5.13 Å². The number of thiol groups is 1. The number of hydrogen-bond acceptors (Lipinski definition) is 4. The van der Waals surface area contributed by atoms with Crippen molar-refractivity contribution in [2.75, 3.05) is 5.32 Å². The number of carbonyl (C=O) groups is 1. The second kappa shape index (κ2) is 4.62. The maximum absolute atomic E-state index is 11.3. The number of carbonyl (C=O) groups excluding carboxylic acids is 1. The van der Waals surface area contributed by atoms with Gasteiger partial charge in [0.05, 0.1) is 5.25 Å². The van der Waals surface area contributed by atoms with Gasteiger partial charge < -0.3 is 5.32 Å². The quantitative estimate of drug-likeness (QED) is 0.760. The molecule has 1 N–H and O–H groups in total. The topological polar surface area (TPSA) is 42.0 Å². The summed E-state index contributed by atoms with van der Waals surface area (Å²) < 4.78 is 0. The van der Waals surface area contributed by atoms with Gasteiger partial charge in [-0.05, 0) is 13.3 Å². The van der Waals surface area contributed by atoms with Crippen molar-refractivity contribution in [3.63, 3.8) is 0 Å². The van der Waals surface area contributed by atoms with Gasteiger partial charge in [0, 0.05) is 11.1 Å². The minimum absolute atomic E-state index is 0.0832. The second-order valence-electron chi connectivity index (χ2n) is 2.69. The largest absolute Gasteiger partial charge is 0.301 e. The van der Waals surface area contributed by atoms with Crippen LogP contribution in [0.1, 0.15) is 18.2 Å². The van der Waals surface area contributed by atoms with Gasteiger partial charge in [0.2, 0.25) is 5.91 Å². The summed E-state index contributed by atoms with van der Waals surface area (Å²) in [5, 5.41) is 3.11. The van der Waals surface area contributed by atoms with Gasteiger partial charge >= 0.3 is 0 Å². The summed E-state index contributed by atoms with van der Waals surface area (Å²) >= 11 is 5.59. The number of hydrogen-bond donors (Lipinski definition) is 2. The molecule has 0 aliphatic heterocycles. The van der Waals surface area contributed by atoms with Gasteiger partial charge in [0.25, 0.3) is 0 Å². The number of aryl methyl sites for hydroxylation is 1. The summed E-state index contributed by atoms with van der Waals surface area (Å²) in [7, 11) is 0. The van der Waals surface area contributed by atoms with Crippen molar-refractivity contribution in [1.82, 2.24) is 4.98 Å². The predicted molar refractivity (Wildman–Crippen MR) is 58.5 cm³/mol. The summed E-state index contributed by atoms with van der Waals surface area (Å²) in [6, 6.07) is 0. The first-order valence-electron chi connectivity index (χ1n) is 4.05. The van der Waals surface area contributed by atoms with Crippen LogP contribution >= 0.6 is 24.0 Å². The highest BCUT2D eigenvalue weighted by Gasteiger charge is 2.12. The van der Waals surface area contributed by atoms with Crippen LogP contribution < -0.4 is 5.32 Å². The van der Waals surface area contributed by atoms with Crippen LogP contribution in [0.5, 0.6) is 0 Å². The van der Waals surface area contributed by atoms with Crippen molar-refractivity contribution in [1.29, 1.82) is 0 Å². The molecule has 1 atom stereocenters. The highest BCUT2D eigenvalue weighted by atomic mass is 32.1. The van der Waals surface area contributed by atoms with Gasteiger partial charge in [-0.1, -0.05) is 6.92 Å². The number of nitrogens with zero attached hydrogens (tertiary/aromatic N) is 1. The highest BCUT2D eigenvalue weighted by Crippen LogP contribution is 2.17. The van der Waals surface area contributed by atoms with E-state index < -0.39 is 0 Å². The molecule has 0 radical (unpaired) electrons. The molecule has 5 heteroatoms. The van der Waals surface area contributed by atoms with E-state index in [0.717, 1.165) is 11.3 Å². The molecule has 0 saturated heterocycles. The number of nitrogens with one attached hydrogen (secondary N) is 1. The smallest absolute Gasteiger partial charge is 0.238 e. The van der Waals surface area contributed by atoms with Crippen molar-refractivity contribution in [2.24, 2.45) is 0 Å². The lowest BCUT2D eigenvalue weighted by molar-refractivity contribution is -0.115. The molecular formula is C8H12N2OS2. The van der Waals surface area contributed by atoms with E-state index >= 15 is 0 Å². The molecule has 1 rings (SSSR count). The second-order valence-corrected chi connectivity index (χ2v) is 4.55. The maximum Gasteiger partial charge on any atom is 0.238 e. The van der Waals surface area contributed by atoms with E-state index in [-0.39, 0.29) is 11.2 Å². The fourth-order valence-electron chi connectivity index (χ4n) is 0.787. The van der Waals surface area contributed by atoms with Crippen LogP contribution in [-0.2, 0) is 4.79 Å². The van der Waals surface area contributed by atoms with Crippen LogP contribution in [-0.4, -0.2) is 16.1 Å². The lowest BCUT2D eigenvalue weighted by atomic mass is 10.3. The molecule has 13 heavy (non-hydrogen) atoms. The average molecular weight is 216 g/mol. The minimum atomic E-state index is -0.246. The van der Waals surface area contributed by atoms with Gasteiger partial charge in [-0.25, -0.2) is 4.98 Å². The van der Waals surface area contributed by atoms with Crippen LogP contribution in [0.25, 0.3) is 0 Å². The van der Waals surface area contributed by atoms with E-state index in [2.05, 4.69) is 22.9 Å². The molecule has 0 fully saturated rings. The summed E-state index contributed by atoms with van der Waals surface area (Å²) in [6.45, 7) is 3.87. The van der Waals surface area contributed by atoms with Gasteiger partial charge in [0.15, 0.2) is 5.13 Å². The van der Waals surface area contributed by atoms with E-state index in [1.165, 1.54) is 11.3 Å². The van der Waals surface area contributed by atoms with Crippen LogP contribution in [0.4, 0.5) is 5.13 Å². The predicted octanol–water partition coefficient (Wildman–Crippen LogP) is 2.10. The molecule has 0 aliphatic carbocycles. The Morgan fingerprint density at radius 2 is 2.54 bits per heavy atom. The van der Waals surface area contributed by atoms with Gasteiger partial charge in [0.1, 0.15) is 0 Å². The fraction of sp³-hybridized carbons (Fsp3) is 0.500. The Morgan fingerprint density at radius 3 is 3.00 bits per heavy atom. The van der Waals surface area contributed by atoms with Crippen molar-refractivity contribution in [2.45, 2.75) is 25.5 Å². The third-order valence-corrected chi connectivity index (χ3v) is 2.97. The maximum atomic E-state index is 11.3. The first-order valence-corrected chi connectivity index (χ1v) is 5.38. The third-order valence-electron chi connectivity index (χ3n) is 1.54. The zero-order valence-electron chi connectivity index (χ0n) is 7.57. The molecule has 3 nitrogen and oxygen atoms in total. The molecule has 1 amide bonds. The summed E-state index contributed by atoms with van der Waals surface area (Å²) in [6.07, 6.45) is 2.46. The van der Waals surface area contributed by atoms with Crippen molar-refractivity contribution in [3.8, 4) is 0 Å². The Hall–Kier alpha value is -0.550. The van der Waals surface area contributed by atoms with E-state index in [9.17, 15) is 4.79 Å². The molecule has 1 aromatic rings. The van der Waals surface area contributed by atoms with Crippen LogP contribution in [0, 0.1) is 6.92 Å². The summed E-state index contributed by atoms with van der Waals surface area (Å²) in [5.41, 5.74) is 0. The molecule has 1 unspecified atom stereocenters. The molecular weight excluding hydrogens is 204 g/mol. The minimum Gasteiger partial charge on any atom is -0.301 e. The molecule has 1 heterocycles. The average Bonchev–Trinajstić information content (AvgIpc) is 2.49. The standard InChI is InChI=1S/C8H12N2OS2/c1-3-6(12)7(11)10-8-9-4-5(2)13-8/h4,6,12H,3H2,1-2H3,(H,9,10,11). The zero-order chi connectivity index (χ0) is 9.84. The molecule has 72 valence electrons. The normalized spacial score (nSPS) is 12.5. The zero-order valence-corrected chi connectivity index (χ0v) is 9.28. The van der Waals surface area contributed by atoms with E-state index in [1.807, 2.05) is 13.8 Å². The SMILES string of the molecule is CCC(S)C(=O)Nc1ncc(C)s1. The van der Waals surface area contributed by atoms with Gasteiger partial charge in [-0.3, -0.25) is 4.79 Å². The molecule has 0 aromatic carbocycles. The first kappa shape index (κ1) is 10.5. The Balaban J connectivity index is 2.54. The number of rotatable bonds is 3. The Bertz CT molecular complexity index is 298. The first-order chi connectivity index (χ1) is 6.13. The molecule has 0 aliphatic rings. The Kier molecular flexibility index (Phi) is 3.74. The van der Waals surface area contributed by atoms with Crippen molar-refractivity contribution >= 4 is 35.0 Å². The van der Waals surface area contributed by atoms with Crippen LogP contribution in [0.15, 0.2) is 6.20 Å². The summed E-state index contributed by atoms with van der Waals surface area (Å²) in [5.74, 6) is -0.0832. The fourth-order valence-corrected chi connectivity index (χ4v) is 1.52. The number of aromatic nitrogens is 1. The van der Waals surface area contributed by atoms with Gasteiger partial charge in [-0.2, -0.15) is 12.6 Å². The lowest BCUT2D eigenvalue weighted by Gasteiger charge is -2.05.